The summed E-state index contributed by atoms with van der Waals surface area (Å²) in [6, 6.07) is 1.33. The molecule has 142 valence electrons. The quantitative estimate of drug-likeness (QED) is 0.236. The molecule has 1 fully saturated rings. The van der Waals surface area contributed by atoms with Gasteiger partial charge < -0.3 is 29.6 Å². The van der Waals surface area contributed by atoms with Crippen LogP contribution in [0.2, 0.25) is 0 Å². The van der Waals surface area contributed by atoms with Gasteiger partial charge in [-0.25, -0.2) is 13.9 Å². The minimum absolute atomic E-state index is 0.130. The van der Waals surface area contributed by atoms with Crippen molar-refractivity contribution in [3.8, 4) is 0 Å². The van der Waals surface area contributed by atoms with E-state index in [0.29, 0.717) is 0 Å². The van der Waals surface area contributed by atoms with Crippen LogP contribution in [0.3, 0.4) is 0 Å². The smallest absolute Gasteiger partial charge is 0.387 e. The Morgan fingerprint density at radius 2 is 1.92 bits per heavy atom. The maximum absolute atomic E-state index is 11.8. The Morgan fingerprint density at radius 1 is 1.28 bits per heavy atom. The topological polar surface area (TPSA) is 201 Å². The Bertz CT molecular complexity index is 833. The van der Waals surface area contributed by atoms with E-state index in [1.54, 1.807) is 0 Å². The molecule has 2 rings (SSSR count). The zero-order valence-electron chi connectivity index (χ0n) is 12.1. The zero-order chi connectivity index (χ0) is 19.0. The van der Waals surface area contributed by atoms with Crippen LogP contribution in [-0.2, 0) is 22.7 Å². The second-order valence-corrected chi connectivity index (χ2v) is 8.17. The molecular formula is C9H14N2O11P2S. The number of phosphoric ester groups is 1. The minimum atomic E-state index is -5.30. The lowest BCUT2D eigenvalue weighted by Crippen LogP contribution is -2.36. The fourth-order valence-corrected chi connectivity index (χ4v) is 3.80. The highest BCUT2D eigenvalue weighted by atomic mass is 32.1. The third-order valence-electron chi connectivity index (χ3n) is 3.07. The minimum Gasteiger partial charge on any atom is -0.387 e. The largest absolute Gasteiger partial charge is 0.481 e. The fraction of sp³-hybridized carbons (Fsp3) is 0.556. The number of H-pyrrole nitrogens is 1. The van der Waals surface area contributed by atoms with Crippen LogP contribution < -0.4 is 5.69 Å². The molecule has 0 bridgehead atoms. The predicted octanol–water partition coefficient (Wildman–Crippen LogP) is -1.25. The molecule has 0 spiro atoms. The number of hydrogen-bond donors (Lipinski definition) is 6. The molecule has 1 aliphatic heterocycles. The molecule has 5 atom stereocenters. The lowest BCUT2D eigenvalue weighted by molar-refractivity contribution is -0.0542. The van der Waals surface area contributed by atoms with Gasteiger partial charge in [-0.2, -0.15) is 4.31 Å². The van der Waals surface area contributed by atoms with Gasteiger partial charge in [-0.3, -0.25) is 14.1 Å². The SMILES string of the molecule is O=c1[nH]c(=S)ccn1C1OC(COP(=O)(O)OP(=O)(O)O)C(O)C1O. The Morgan fingerprint density at radius 3 is 2.48 bits per heavy atom. The van der Waals surface area contributed by atoms with Crippen LogP contribution in [0.1, 0.15) is 6.23 Å². The van der Waals surface area contributed by atoms with Crippen molar-refractivity contribution in [2.24, 2.45) is 0 Å². The van der Waals surface area contributed by atoms with E-state index in [9.17, 15) is 24.1 Å². The second kappa shape index (κ2) is 7.47. The monoisotopic (exact) mass is 420 g/mol. The van der Waals surface area contributed by atoms with Gasteiger partial charge in [0.15, 0.2) is 6.23 Å². The normalized spacial score (nSPS) is 29.5. The van der Waals surface area contributed by atoms with E-state index in [4.69, 9.17) is 31.6 Å². The van der Waals surface area contributed by atoms with E-state index in [-0.39, 0.29) is 4.64 Å². The molecule has 13 nitrogen and oxygen atoms in total. The molecule has 16 heteroatoms. The molecule has 5 unspecified atom stereocenters. The molecule has 0 amide bonds. The molecule has 1 aliphatic rings. The van der Waals surface area contributed by atoms with E-state index in [0.717, 1.165) is 4.57 Å². The van der Waals surface area contributed by atoms with Crippen molar-refractivity contribution in [3.05, 3.63) is 27.4 Å². The standard InChI is InChI=1S/C9H14N2O11P2S/c12-6-4(3-20-24(18,19)22-23(15,16)17)21-8(7(6)13)11-2-1-5(25)10-9(11)14/h1-2,4,6-8,12-13H,3H2,(H,18,19)(H,10,14,25)(H2,15,16,17). The van der Waals surface area contributed by atoms with Gasteiger partial charge in [0.05, 0.1) is 6.61 Å². The molecule has 0 aromatic carbocycles. The number of aromatic amines is 1. The molecule has 0 saturated carbocycles. The van der Waals surface area contributed by atoms with Crippen molar-refractivity contribution in [1.29, 1.82) is 0 Å². The Kier molecular flexibility index (Phi) is 6.14. The van der Waals surface area contributed by atoms with Crippen LogP contribution in [0.15, 0.2) is 17.1 Å². The van der Waals surface area contributed by atoms with Crippen LogP contribution in [0.25, 0.3) is 0 Å². The summed E-state index contributed by atoms with van der Waals surface area (Å²) in [4.78, 5) is 40.2. The van der Waals surface area contributed by atoms with Crippen molar-refractivity contribution in [1.82, 2.24) is 9.55 Å². The summed E-state index contributed by atoms with van der Waals surface area (Å²) in [6.45, 7) is -0.861. The summed E-state index contributed by atoms with van der Waals surface area (Å²) < 4.78 is 36.1. The molecule has 1 aromatic heterocycles. The molecule has 0 radical (unpaired) electrons. The predicted molar refractivity (Wildman–Crippen MR) is 80.7 cm³/mol. The second-order valence-electron chi connectivity index (χ2n) is 4.90. The molecule has 6 N–H and O–H groups in total. The maximum atomic E-state index is 11.8. The summed E-state index contributed by atoms with van der Waals surface area (Å²) in [5.74, 6) is 0. The first-order valence-electron chi connectivity index (χ1n) is 6.47. The van der Waals surface area contributed by atoms with Crippen molar-refractivity contribution in [2.75, 3.05) is 6.61 Å². The number of ether oxygens (including phenoxy) is 1. The van der Waals surface area contributed by atoms with Crippen LogP contribution in [-0.4, -0.2) is 59.4 Å². The van der Waals surface area contributed by atoms with Gasteiger partial charge in [-0.1, -0.05) is 12.2 Å². The molecular weight excluding hydrogens is 406 g/mol. The van der Waals surface area contributed by atoms with Crippen molar-refractivity contribution < 1.29 is 47.6 Å². The lowest BCUT2D eigenvalue weighted by atomic mass is 10.1. The first-order valence-corrected chi connectivity index (χ1v) is 9.90. The fourth-order valence-electron chi connectivity index (χ4n) is 2.05. The number of aliphatic hydroxyl groups excluding tert-OH is 2. The number of hydrogen-bond acceptors (Lipinski definition) is 9. The number of rotatable bonds is 6. The first kappa shape index (κ1) is 20.6. The highest BCUT2D eigenvalue weighted by Gasteiger charge is 2.45. The van der Waals surface area contributed by atoms with E-state index in [1.807, 2.05) is 0 Å². The van der Waals surface area contributed by atoms with E-state index >= 15 is 0 Å². The molecule has 0 aliphatic carbocycles. The lowest BCUT2D eigenvalue weighted by Gasteiger charge is -2.17. The summed E-state index contributed by atoms with van der Waals surface area (Å²) >= 11 is 4.76. The van der Waals surface area contributed by atoms with Crippen molar-refractivity contribution in [3.63, 3.8) is 0 Å². The number of phosphoric acid groups is 2. The summed E-state index contributed by atoms with van der Waals surface area (Å²) in [7, 11) is -10.4. The van der Waals surface area contributed by atoms with Gasteiger partial charge in [0.1, 0.15) is 23.0 Å². The van der Waals surface area contributed by atoms with Gasteiger partial charge in [0.25, 0.3) is 0 Å². The summed E-state index contributed by atoms with van der Waals surface area (Å²) in [5.41, 5.74) is -0.733. The van der Waals surface area contributed by atoms with E-state index < -0.39 is 52.5 Å². The van der Waals surface area contributed by atoms with E-state index in [2.05, 4.69) is 13.8 Å². The van der Waals surface area contributed by atoms with E-state index in [1.165, 1.54) is 12.3 Å². The Hall–Kier alpha value is -0.760. The highest BCUT2D eigenvalue weighted by Crippen LogP contribution is 2.57. The number of nitrogens with one attached hydrogen (secondary N) is 1. The van der Waals surface area contributed by atoms with Gasteiger partial charge >= 0.3 is 21.3 Å². The average Bonchev–Trinajstić information content (AvgIpc) is 2.71. The Labute approximate surface area is 144 Å². The third kappa shape index (κ3) is 5.36. The van der Waals surface area contributed by atoms with Crippen LogP contribution >= 0.6 is 27.9 Å². The molecule has 2 heterocycles. The van der Waals surface area contributed by atoms with Gasteiger partial charge in [-0.05, 0) is 6.07 Å². The van der Waals surface area contributed by atoms with Crippen molar-refractivity contribution in [2.45, 2.75) is 24.5 Å². The maximum Gasteiger partial charge on any atom is 0.481 e. The zero-order valence-corrected chi connectivity index (χ0v) is 14.7. The molecule has 1 saturated heterocycles. The van der Waals surface area contributed by atoms with Crippen LogP contribution in [0, 0.1) is 4.64 Å². The number of aromatic nitrogens is 2. The van der Waals surface area contributed by atoms with Crippen molar-refractivity contribution >= 4 is 27.9 Å². The van der Waals surface area contributed by atoms with Gasteiger partial charge in [-0.15, -0.1) is 0 Å². The van der Waals surface area contributed by atoms with Gasteiger partial charge in [0.2, 0.25) is 0 Å². The average molecular weight is 420 g/mol. The number of nitrogens with zero attached hydrogens (tertiary/aromatic N) is 1. The summed E-state index contributed by atoms with van der Waals surface area (Å²) in [5, 5.41) is 19.9. The highest BCUT2D eigenvalue weighted by molar-refractivity contribution is 7.71. The van der Waals surface area contributed by atoms with Crippen LogP contribution in [0.5, 0.6) is 0 Å². The number of aliphatic hydroxyl groups is 2. The summed E-state index contributed by atoms with van der Waals surface area (Å²) in [6.07, 6.45) is -4.77. The first-order chi connectivity index (χ1) is 11.4. The molecule has 25 heavy (non-hydrogen) atoms. The Balaban J connectivity index is 2.09. The van der Waals surface area contributed by atoms with Gasteiger partial charge in [0, 0.05) is 6.20 Å². The molecule has 1 aromatic rings. The third-order valence-corrected chi connectivity index (χ3v) is 5.46. The van der Waals surface area contributed by atoms with Crippen LogP contribution in [0.4, 0.5) is 0 Å².